The number of benzene rings is 1. The zero-order valence-electron chi connectivity index (χ0n) is 8.90. The van der Waals surface area contributed by atoms with Crippen LogP contribution in [0.15, 0.2) is 22.7 Å². The minimum absolute atomic E-state index is 0.0649. The van der Waals surface area contributed by atoms with Gasteiger partial charge in [0.25, 0.3) is 0 Å². The van der Waals surface area contributed by atoms with Crippen LogP contribution >= 0.6 is 15.9 Å². The molecule has 0 saturated heterocycles. The van der Waals surface area contributed by atoms with Gasteiger partial charge in [-0.05, 0) is 34.5 Å². The maximum Gasteiger partial charge on any atom is 0.232 e. The van der Waals surface area contributed by atoms with Gasteiger partial charge in [-0.2, -0.15) is 0 Å². The van der Waals surface area contributed by atoms with E-state index in [1.54, 1.807) is 12.1 Å². The van der Waals surface area contributed by atoms with E-state index in [4.69, 9.17) is 0 Å². The number of phenols is 1. The van der Waals surface area contributed by atoms with Crippen LogP contribution in [0.5, 0.6) is 5.75 Å². The van der Waals surface area contributed by atoms with Crippen molar-refractivity contribution in [3.05, 3.63) is 22.7 Å². The number of hydrogen-bond donors (Lipinski definition) is 2. The number of unbranched alkanes of at least 4 members (excludes halogenated alkanes) is 1. The molecule has 90 valence electrons. The van der Waals surface area contributed by atoms with E-state index in [0.717, 1.165) is 6.42 Å². The highest BCUT2D eigenvalue weighted by Gasteiger charge is 2.13. The number of anilines is 1. The lowest BCUT2D eigenvalue weighted by Crippen LogP contribution is -2.16. The Balaban J connectivity index is 2.84. The Kier molecular flexibility index (Phi) is 4.61. The summed E-state index contributed by atoms with van der Waals surface area (Å²) in [5.41, 5.74) is 0.200. The lowest BCUT2D eigenvalue weighted by Gasteiger charge is -2.09. The third-order valence-corrected chi connectivity index (χ3v) is 4.02. The van der Waals surface area contributed by atoms with Crippen LogP contribution in [0.2, 0.25) is 0 Å². The summed E-state index contributed by atoms with van der Waals surface area (Å²) in [6.45, 7) is 1.92. The summed E-state index contributed by atoms with van der Waals surface area (Å²) in [7, 11) is -3.37. The van der Waals surface area contributed by atoms with Gasteiger partial charge < -0.3 is 5.11 Å². The number of para-hydroxylation sites is 1. The van der Waals surface area contributed by atoms with Gasteiger partial charge in [0.05, 0.1) is 15.9 Å². The molecule has 0 unspecified atom stereocenters. The van der Waals surface area contributed by atoms with Crippen LogP contribution in [0.4, 0.5) is 5.69 Å². The van der Waals surface area contributed by atoms with Crippen LogP contribution in [0.1, 0.15) is 19.8 Å². The van der Waals surface area contributed by atoms with Gasteiger partial charge in [0.15, 0.2) is 5.75 Å². The number of aromatic hydroxyl groups is 1. The van der Waals surface area contributed by atoms with Gasteiger partial charge in [0.1, 0.15) is 0 Å². The highest BCUT2D eigenvalue weighted by molar-refractivity contribution is 9.10. The molecule has 1 rings (SSSR count). The first-order chi connectivity index (χ1) is 7.46. The van der Waals surface area contributed by atoms with Gasteiger partial charge >= 0.3 is 0 Å². The van der Waals surface area contributed by atoms with Gasteiger partial charge in [-0.25, -0.2) is 8.42 Å². The van der Waals surface area contributed by atoms with E-state index in [1.165, 1.54) is 6.07 Å². The molecule has 16 heavy (non-hydrogen) atoms. The molecule has 1 aromatic carbocycles. The van der Waals surface area contributed by atoms with Gasteiger partial charge in [0.2, 0.25) is 10.0 Å². The largest absolute Gasteiger partial charge is 0.505 e. The van der Waals surface area contributed by atoms with E-state index in [9.17, 15) is 13.5 Å². The van der Waals surface area contributed by atoms with E-state index in [1.807, 2.05) is 6.92 Å². The zero-order chi connectivity index (χ0) is 12.2. The van der Waals surface area contributed by atoms with E-state index >= 15 is 0 Å². The van der Waals surface area contributed by atoms with Gasteiger partial charge in [0, 0.05) is 0 Å². The molecule has 0 aliphatic carbocycles. The Labute approximate surface area is 104 Å². The number of halogens is 1. The van der Waals surface area contributed by atoms with E-state index < -0.39 is 10.0 Å². The molecule has 0 amide bonds. The van der Waals surface area contributed by atoms with Crippen molar-refractivity contribution in [2.24, 2.45) is 0 Å². The summed E-state index contributed by atoms with van der Waals surface area (Å²) in [5, 5.41) is 9.61. The van der Waals surface area contributed by atoms with Gasteiger partial charge in [-0.1, -0.05) is 19.4 Å². The van der Waals surface area contributed by atoms with E-state index in [2.05, 4.69) is 20.7 Å². The molecule has 0 atom stereocenters. The highest BCUT2D eigenvalue weighted by Crippen LogP contribution is 2.32. The average molecular weight is 308 g/mol. The molecule has 0 heterocycles. The fourth-order valence-corrected chi connectivity index (χ4v) is 2.79. The van der Waals surface area contributed by atoms with Crippen LogP contribution in [-0.2, 0) is 10.0 Å². The Hall–Kier alpha value is -0.750. The molecule has 0 fully saturated rings. The van der Waals surface area contributed by atoms with Crippen molar-refractivity contribution in [3.63, 3.8) is 0 Å². The molecular weight excluding hydrogens is 294 g/mol. The maximum atomic E-state index is 11.6. The van der Waals surface area contributed by atoms with Crippen LogP contribution < -0.4 is 4.72 Å². The molecule has 0 aliphatic rings. The van der Waals surface area contributed by atoms with Crippen molar-refractivity contribution in [1.82, 2.24) is 0 Å². The summed E-state index contributed by atoms with van der Waals surface area (Å²) in [6, 6.07) is 4.81. The van der Waals surface area contributed by atoms with Crippen molar-refractivity contribution < 1.29 is 13.5 Å². The fraction of sp³-hybridized carbons (Fsp3) is 0.400. The summed E-state index contributed by atoms with van der Waals surface area (Å²) in [5.74, 6) is -0.0299. The third-order valence-electron chi connectivity index (χ3n) is 2.02. The average Bonchev–Trinajstić information content (AvgIpc) is 2.22. The van der Waals surface area contributed by atoms with Crippen molar-refractivity contribution >= 4 is 31.6 Å². The first kappa shape index (κ1) is 13.3. The smallest absolute Gasteiger partial charge is 0.232 e. The highest BCUT2D eigenvalue weighted by atomic mass is 79.9. The molecule has 6 heteroatoms. The molecule has 0 radical (unpaired) electrons. The van der Waals surface area contributed by atoms with Crippen LogP contribution in [0.25, 0.3) is 0 Å². The Morgan fingerprint density at radius 1 is 1.44 bits per heavy atom. The van der Waals surface area contributed by atoms with Crippen molar-refractivity contribution in [1.29, 1.82) is 0 Å². The summed E-state index contributed by atoms with van der Waals surface area (Å²) in [4.78, 5) is 0. The number of hydrogen-bond acceptors (Lipinski definition) is 3. The van der Waals surface area contributed by atoms with Crippen molar-refractivity contribution in [2.45, 2.75) is 19.8 Å². The normalized spacial score (nSPS) is 11.4. The topological polar surface area (TPSA) is 66.4 Å². The first-order valence-corrected chi connectivity index (χ1v) is 7.39. The summed E-state index contributed by atoms with van der Waals surface area (Å²) >= 11 is 3.12. The van der Waals surface area contributed by atoms with Crippen LogP contribution in [0, 0.1) is 0 Å². The molecule has 0 aromatic heterocycles. The van der Waals surface area contributed by atoms with Gasteiger partial charge in [-0.15, -0.1) is 0 Å². The SMILES string of the molecule is CCCCS(=O)(=O)Nc1cccc(Br)c1O. The Morgan fingerprint density at radius 2 is 2.12 bits per heavy atom. The van der Waals surface area contributed by atoms with Gasteiger partial charge in [-0.3, -0.25) is 4.72 Å². The second-order valence-electron chi connectivity index (χ2n) is 3.41. The quantitative estimate of drug-likeness (QED) is 0.822. The van der Waals surface area contributed by atoms with Crippen LogP contribution in [0.3, 0.4) is 0 Å². The lowest BCUT2D eigenvalue weighted by atomic mass is 10.3. The molecular formula is C10H14BrNO3S. The standard InChI is InChI=1S/C10H14BrNO3S/c1-2-3-7-16(14,15)12-9-6-4-5-8(11)10(9)13/h4-6,12-13H,2-3,7H2,1H3. The maximum absolute atomic E-state index is 11.6. The van der Waals surface area contributed by atoms with Crippen molar-refractivity contribution in [2.75, 3.05) is 10.5 Å². The Bertz CT molecular complexity index is 459. The van der Waals surface area contributed by atoms with E-state index in [0.29, 0.717) is 10.9 Å². The lowest BCUT2D eigenvalue weighted by molar-refractivity contribution is 0.474. The summed E-state index contributed by atoms with van der Waals surface area (Å²) in [6.07, 6.45) is 1.41. The monoisotopic (exact) mass is 307 g/mol. The molecule has 1 aromatic rings. The minimum atomic E-state index is -3.37. The number of rotatable bonds is 5. The number of nitrogens with one attached hydrogen (secondary N) is 1. The fourth-order valence-electron chi connectivity index (χ4n) is 1.15. The second kappa shape index (κ2) is 5.54. The molecule has 0 bridgehead atoms. The van der Waals surface area contributed by atoms with Crippen molar-refractivity contribution in [3.8, 4) is 5.75 Å². The molecule has 0 aliphatic heterocycles. The zero-order valence-corrected chi connectivity index (χ0v) is 11.3. The minimum Gasteiger partial charge on any atom is -0.505 e. The second-order valence-corrected chi connectivity index (χ2v) is 6.11. The predicted octanol–water partition coefficient (Wildman–Crippen LogP) is 2.70. The third kappa shape index (κ3) is 3.68. The first-order valence-electron chi connectivity index (χ1n) is 4.94. The molecule has 2 N–H and O–H groups in total. The summed E-state index contributed by atoms with van der Waals surface area (Å²) < 4.78 is 26.0. The molecule has 0 spiro atoms. The van der Waals surface area contributed by atoms with Crippen LogP contribution in [-0.4, -0.2) is 19.3 Å². The Morgan fingerprint density at radius 3 is 2.75 bits per heavy atom. The predicted molar refractivity (Wildman–Crippen MR) is 68.1 cm³/mol. The number of sulfonamides is 1. The van der Waals surface area contributed by atoms with E-state index in [-0.39, 0.29) is 17.2 Å². The molecule has 4 nitrogen and oxygen atoms in total. The molecule has 0 saturated carbocycles. The number of phenolic OH excluding ortho intramolecular Hbond substituents is 1.